The summed E-state index contributed by atoms with van der Waals surface area (Å²) in [5.74, 6) is -1.92. The first-order valence-electron chi connectivity index (χ1n) is 7.15. The lowest BCUT2D eigenvalue weighted by Crippen LogP contribution is -2.39. The molecule has 0 spiro atoms. The van der Waals surface area contributed by atoms with Crippen LogP contribution < -0.4 is 9.91 Å². The fourth-order valence-electron chi connectivity index (χ4n) is 2.81. The molecule has 2 heterocycles. The van der Waals surface area contributed by atoms with Gasteiger partial charge in [-0.2, -0.15) is 5.11 Å². The predicted octanol–water partition coefficient (Wildman–Crippen LogP) is 2.46. The minimum absolute atomic E-state index is 0.273. The second kappa shape index (κ2) is 5.19. The van der Waals surface area contributed by atoms with Crippen LogP contribution in [0, 0.1) is 11.6 Å². The van der Waals surface area contributed by atoms with E-state index in [0.717, 1.165) is 4.90 Å². The Kier molecular flexibility index (Phi) is 3.12. The van der Waals surface area contributed by atoms with Gasteiger partial charge in [0, 0.05) is 0 Å². The number of rotatable bonds is 2. The number of anilines is 2. The molecule has 4 rings (SSSR count). The summed E-state index contributed by atoms with van der Waals surface area (Å²) in [4.78, 5) is 26.2. The average molecular weight is 328 g/mol. The predicted molar refractivity (Wildman–Crippen MR) is 80.2 cm³/mol. The zero-order valence-electron chi connectivity index (χ0n) is 12.1. The molecule has 6 nitrogen and oxygen atoms in total. The van der Waals surface area contributed by atoms with Crippen molar-refractivity contribution >= 4 is 23.2 Å². The van der Waals surface area contributed by atoms with E-state index < -0.39 is 35.5 Å². The molecule has 2 aromatic carbocycles. The van der Waals surface area contributed by atoms with Crippen molar-refractivity contribution in [3.05, 3.63) is 60.2 Å². The van der Waals surface area contributed by atoms with Crippen LogP contribution in [0.5, 0.6) is 0 Å². The third-order valence-electron chi connectivity index (χ3n) is 3.96. The quantitative estimate of drug-likeness (QED) is 0.796. The van der Waals surface area contributed by atoms with Gasteiger partial charge in [0.25, 0.3) is 11.8 Å². The molecule has 0 aromatic heterocycles. The van der Waals surface area contributed by atoms with Gasteiger partial charge in [-0.1, -0.05) is 5.22 Å². The van der Waals surface area contributed by atoms with Crippen LogP contribution in [0.15, 0.2) is 58.9 Å². The molecule has 0 aliphatic carbocycles. The molecule has 24 heavy (non-hydrogen) atoms. The number of nitrogens with zero attached hydrogens (tertiary/aromatic N) is 4. The van der Waals surface area contributed by atoms with Crippen LogP contribution in [0.25, 0.3) is 0 Å². The highest BCUT2D eigenvalue weighted by Crippen LogP contribution is 2.34. The number of halogens is 2. The molecule has 120 valence electrons. The van der Waals surface area contributed by atoms with E-state index in [9.17, 15) is 18.4 Å². The van der Waals surface area contributed by atoms with Crippen molar-refractivity contribution in [2.45, 2.75) is 12.1 Å². The highest BCUT2D eigenvalue weighted by molar-refractivity contribution is 6.26. The Morgan fingerprint density at radius 1 is 0.792 bits per heavy atom. The maximum absolute atomic E-state index is 13.1. The first-order valence-corrected chi connectivity index (χ1v) is 7.15. The standard InChI is InChI=1S/C16H10F2N4O2/c17-9-1-5-11(6-2-9)21-15(23)13-14(16(21)24)22(20-19-13)12-7-3-10(18)4-8-12/h1-8,13-14H/t13-,14-/m1/s1. The number of carbonyl (C=O) groups is 2. The van der Waals surface area contributed by atoms with E-state index in [1.165, 1.54) is 53.5 Å². The molecule has 2 aromatic rings. The first-order chi connectivity index (χ1) is 11.6. The van der Waals surface area contributed by atoms with Crippen LogP contribution in [-0.4, -0.2) is 23.9 Å². The molecule has 0 bridgehead atoms. The van der Waals surface area contributed by atoms with Gasteiger partial charge in [0.1, 0.15) is 11.6 Å². The molecule has 0 N–H and O–H groups in total. The highest BCUT2D eigenvalue weighted by atomic mass is 19.1. The Labute approximate surface area is 135 Å². The fourth-order valence-corrected chi connectivity index (χ4v) is 2.81. The van der Waals surface area contributed by atoms with Crippen molar-refractivity contribution in [2.24, 2.45) is 10.3 Å². The molecule has 2 aliphatic heterocycles. The normalized spacial score (nSPS) is 22.4. The molecule has 0 unspecified atom stereocenters. The van der Waals surface area contributed by atoms with E-state index in [4.69, 9.17) is 0 Å². The Morgan fingerprint density at radius 2 is 1.33 bits per heavy atom. The van der Waals surface area contributed by atoms with Gasteiger partial charge < -0.3 is 0 Å². The van der Waals surface area contributed by atoms with Gasteiger partial charge in [0.05, 0.1) is 11.4 Å². The highest BCUT2D eigenvalue weighted by Gasteiger charge is 2.55. The summed E-state index contributed by atoms with van der Waals surface area (Å²) in [6, 6.07) is 8.53. The summed E-state index contributed by atoms with van der Waals surface area (Å²) in [5, 5.41) is 9.04. The van der Waals surface area contributed by atoms with Crippen molar-refractivity contribution in [3.63, 3.8) is 0 Å². The zero-order valence-corrected chi connectivity index (χ0v) is 12.1. The topological polar surface area (TPSA) is 65.3 Å². The summed E-state index contributed by atoms with van der Waals surface area (Å²) in [6.45, 7) is 0. The average Bonchev–Trinajstić information content (AvgIpc) is 3.11. The largest absolute Gasteiger partial charge is 0.271 e. The molecular weight excluding hydrogens is 318 g/mol. The summed E-state index contributed by atoms with van der Waals surface area (Å²) >= 11 is 0. The van der Waals surface area contributed by atoms with Crippen LogP contribution in [-0.2, 0) is 9.59 Å². The van der Waals surface area contributed by atoms with E-state index in [-0.39, 0.29) is 5.69 Å². The lowest BCUT2D eigenvalue weighted by Gasteiger charge is -2.20. The number of hydrogen-bond acceptors (Lipinski definition) is 5. The van der Waals surface area contributed by atoms with E-state index in [1.807, 2.05) is 0 Å². The SMILES string of the molecule is O=C1[C@@H]2N=NN(c3ccc(F)cc3)[C@H]2C(=O)N1c1ccc(F)cc1. The Bertz CT molecular complexity index is 851. The minimum Gasteiger partial charge on any atom is -0.271 e. The minimum atomic E-state index is -0.965. The maximum Gasteiger partial charge on any atom is 0.263 e. The lowest BCUT2D eigenvalue weighted by atomic mass is 10.1. The molecule has 0 radical (unpaired) electrons. The second-order valence-electron chi connectivity index (χ2n) is 5.40. The van der Waals surface area contributed by atoms with Crippen molar-refractivity contribution in [1.29, 1.82) is 0 Å². The van der Waals surface area contributed by atoms with Gasteiger partial charge in [-0.25, -0.2) is 18.7 Å². The lowest BCUT2D eigenvalue weighted by molar-refractivity contribution is -0.121. The fraction of sp³-hybridized carbons (Fsp3) is 0.125. The zero-order chi connectivity index (χ0) is 16.8. The van der Waals surface area contributed by atoms with Crippen LogP contribution in [0.2, 0.25) is 0 Å². The molecule has 2 atom stereocenters. The van der Waals surface area contributed by atoms with E-state index in [0.29, 0.717) is 5.69 Å². The van der Waals surface area contributed by atoms with Crippen molar-refractivity contribution in [3.8, 4) is 0 Å². The number of hydrogen-bond donors (Lipinski definition) is 0. The van der Waals surface area contributed by atoms with Crippen LogP contribution in [0.4, 0.5) is 20.2 Å². The molecule has 8 heteroatoms. The van der Waals surface area contributed by atoms with Crippen molar-refractivity contribution in [2.75, 3.05) is 9.91 Å². The third-order valence-corrected chi connectivity index (χ3v) is 3.96. The second-order valence-corrected chi connectivity index (χ2v) is 5.40. The van der Waals surface area contributed by atoms with Gasteiger partial charge in [-0.3, -0.25) is 9.59 Å². The molecule has 2 aliphatic rings. The van der Waals surface area contributed by atoms with Gasteiger partial charge in [0.2, 0.25) is 0 Å². The maximum atomic E-state index is 13.1. The van der Waals surface area contributed by atoms with Crippen molar-refractivity contribution in [1.82, 2.24) is 0 Å². The molecule has 2 amide bonds. The van der Waals surface area contributed by atoms with Crippen molar-refractivity contribution < 1.29 is 18.4 Å². The van der Waals surface area contributed by atoms with Gasteiger partial charge in [-0.15, -0.1) is 0 Å². The smallest absolute Gasteiger partial charge is 0.263 e. The Balaban J connectivity index is 1.69. The number of carbonyl (C=O) groups excluding carboxylic acids is 2. The van der Waals surface area contributed by atoms with Crippen LogP contribution in [0.3, 0.4) is 0 Å². The van der Waals surface area contributed by atoms with Crippen LogP contribution in [0.1, 0.15) is 0 Å². The summed E-state index contributed by atoms with van der Waals surface area (Å²) in [7, 11) is 0. The monoisotopic (exact) mass is 328 g/mol. The molecule has 1 saturated heterocycles. The number of fused-ring (bicyclic) bond motifs is 1. The number of benzene rings is 2. The Hall–Kier alpha value is -3.16. The summed E-state index contributed by atoms with van der Waals surface area (Å²) in [6.07, 6.45) is 0. The van der Waals surface area contributed by atoms with E-state index >= 15 is 0 Å². The number of imide groups is 1. The molecule has 0 saturated carbocycles. The van der Waals surface area contributed by atoms with Gasteiger partial charge >= 0.3 is 0 Å². The van der Waals surface area contributed by atoms with Gasteiger partial charge in [-0.05, 0) is 48.5 Å². The van der Waals surface area contributed by atoms with E-state index in [2.05, 4.69) is 10.3 Å². The Morgan fingerprint density at radius 3 is 1.92 bits per heavy atom. The van der Waals surface area contributed by atoms with Crippen LogP contribution >= 0.6 is 0 Å². The summed E-state index contributed by atoms with van der Waals surface area (Å²) < 4.78 is 26.1. The van der Waals surface area contributed by atoms with E-state index in [1.54, 1.807) is 0 Å². The first kappa shape index (κ1) is 14.4. The van der Waals surface area contributed by atoms with Gasteiger partial charge in [0.15, 0.2) is 12.1 Å². The number of amides is 2. The molecule has 1 fully saturated rings. The third kappa shape index (κ3) is 2.07. The summed E-state index contributed by atoms with van der Waals surface area (Å²) in [5.41, 5.74) is 0.727. The molecular formula is C16H10F2N4O2.